The van der Waals surface area contributed by atoms with E-state index in [4.69, 9.17) is 14.2 Å². The second-order valence-corrected chi connectivity index (χ2v) is 5.59. The van der Waals surface area contributed by atoms with E-state index in [1.54, 1.807) is 24.3 Å². The molecule has 1 heterocycles. The fraction of sp³-hybridized carbons (Fsp3) is 0.353. The molecule has 0 spiro atoms. The number of nitrogens with zero attached hydrogens (tertiary/aromatic N) is 2. The summed E-state index contributed by atoms with van der Waals surface area (Å²) in [6, 6.07) is 7.14. The predicted molar refractivity (Wildman–Crippen MR) is 92.7 cm³/mol. The highest BCUT2D eigenvalue weighted by Gasteiger charge is 2.21. The van der Waals surface area contributed by atoms with Crippen LogP contribution in [0.3, 0.4) is 0 Å². The van der Waals surface area contributed by atoms with Gasteiger partial charge in [-0.2, -0.15) is 0 Å². The average Bonchev–Trinajstić information content (AvgIpc) is 3.45. The molecule has 2 N–H and O–H groups in total. The number of nitrogens with one attached hydrogen (secondary N) is 2. The van der Waals surface area contributed by atoms with E-state index in [0.717, 1.165) is 12.8 Å². The first-order valence-electron chi connectivity index (χ1n) is 7.86. The van der Waals surface area contributed by atoms with E-state index in [1.165, 1.54) is 21.3 Å². The van der Waals surface area contributed by atoms with Crippen molar-refractivity contribution in [3.05, 3.63) is 29.8 Å². The highest BCUT2D eigenvalue weighted by atomic mass is 16.5. The van der Waals surface area contributed by atoms with Crippen molar-refractivity contribution in [2.45, 2.75) is 18.9 Å². The van der Waals surface area contributed by atoms with Crippen LogP contribution in [0.15, 0.2) is 24.3 Å². The van der Waals surface area contributed by atoms with Gasteiger partial charge < -0.3 is 24.8 Å². The molecule has 3 rings (SSSR count). The van der Waals surface area contributed by atoms with Crippen molar-refractivity contribution in [3.8, 4) is 17.2 Å². The molecule has 2 aromatic rings. The second-order valence-electron chi connectivity index (χ2n) is 5.59. The number of hydrogen-bond acceptors (Lipinski definition) is 7. The van der Waals surface area contributed by atoms with Gasteiger partial charge in [-0.3, -0.25) is 4.79 Å². The van der Waals surface area contributed by atoms with E-state index in [2.05, 4.69) is 20.8 Å². The zero-order chi connectivity index (χ0) is 17.8. The van der Waals surface area contributed by atoms with Crippen molar-refractivity contribution in [3.63, 3.8) is 0 Å². The van der Waals surface area contributed by atoms with Crippen molar-refractivity contribution in [1.29, 1.82) is 0 Å². The first-order chi connectivity index (χ1) is 12.1. The molecule has 1 fully saturated rings. The molecule has 0 aliphatic heterocycles. The first-order valence-corrected chi connectivity index (χ1v) is 7.86. The van der Waals surface area contributed by atoms with Crippen molar-refractivity contribution < 1.29 is 19.0 Å². The number of hydrogen-bond donors (Lipinski definition) is 2. The Morgan fingerprint density at radius 1 is 1.00 bits per heavy atom. The molecule has 1 aromatic heterocycles. The summed E-state index contributed by atoms with van der Waals surface area (Å²) in [7, 11) is 4.50. The van der Waals surface area contributed by atoms with Crippen LogP contribution in [0.4, 0.5) is 11.6 Å². The van der Waals surface area contributed by atoms with Crippen LogP contribution in [0.5, 0.6) is 17.2 Å². The molecule has 1 saturated carbocycles. The number of rotatable bonds is 7. The van der Waals surface area contributed by atoms with E-state index in [1.807, 2.05) is 0 Å². The minimum Gasteiger partial charge on any atom is -0.493 e. The van der Waals surface area contributed by atoms with Crippen molar-refractivity contribution in [2.75, 3.05) is 32.0 Å². The number of amides is 1. The summed E-state index contributed by atoms with van der Waals surface area (Å²) in [6.45, 7) is 0. The number of carbonyl (C=O) groups is 1. The summed E-state index contributed by atoms with van der Waals surface area (Å²) in [4.78, 5) is 12.5. The van der Waals surface area contributed by atoms with Crippen molar-refractivity contribution in [2.24, 2.45) is 0 Å². The predicted octanol–water partition coefficient (Wildman–Crippen LogP) is 2.33. The average molecular weight is 344 g/mol. The zero-order valence-electron chi connectivity index (χ0n) is 14.3. The molecule has 25 heavy (non-hydrogen) atoms. The highest BCUT2D eigenvalue weighted by molar-refractivity contribution is 6.04. The fourth-order valence-electron chi connectivity index (χ4n) is 2.31. The Labute approximate surface area is 145 Å². The second kappa shape index (κ2) is 7.25. The Balaban J connectivity index is 1.75. The van der Waals surface area contributed by atoms with Gasteiger partial charge in [-0.1, -0.05) is 0 Å². The summed E-state index contributed by atoms with van der Waals surface area (Å²) in [5, 5.41) is 14.0. The zero-order valence-corrected chi connectivity index (χ0v) is 14.3. The van der Waals surface area contributed by atoms with Gasteiger partial charge in [-0.15, -0.1) is 10.2 Å². The van der Waals surface area contributed by atoms with Crippen LogP contribution >= 0.6 is 0 Å². The van der Waals surface area contributed by atoms with Crippen LogP contribution < -0.4 is 24.8 Å². The van der Waals surface area contributed by atoms with Gasteiger partial charge in [0, 0.05) is 11.6 Å². The Morgan fingerprint density at radius 2 is 1.60 bits per heavy atom. The Bertz CT molecular complexity index is 735. The van der Waals surface area contributed by atoms with E-state index in [0.29, 0.717) is 40.5 Å². The van der Waals surface area contributed by atoms with Crippen molar-refractivity contribution >= 4 is 17.5 Å². The molecule has 0 atom stereocenters. The van der Waals surface area contributed by atoms with Crippen molar-refractivity contribution in [1.82, 2.24) is 10.2 Å². The molecule has 1 aromatic carbocycles. The lowest BCUT2D eigenvalue weighted by atomic mass is 10.1. The van der Waals surface area contributed by atoms with Gasteiger partial charge in [0.2, 0.25) is 5.75 Å². The van der Waals surface area contributed by atoms with Crippen LogP contribution in [-0.4, -0.2) is 43.5 Å². The van der Waals surface area contributed by atoms with Gasteiger partial charge in [0.15, 0.2) is 17.3 Å². The maximum Gasteiger partial charge on any atom is 0.257 e. The van der Waals surface area contributed by atoms with Gasteiger partial charge in [-0.05, 0) is 37.1 Å². The third-order valence-corrected chi connectivity index (χ3v) is 3.76. The third kappa shape index (κ3) is 3.90. The molecular formula is C17H20N4O4. The highest BCUT2D eigenvalue weighted by Crippen LogP contribution is 2.38. The van der Waals surface area contributed by atoms with E-state index in [-0.39, 0.29) is 5.91 Å². The van der Waals surface area contributed by atoms with Gasteiger partial charge in [0.25, 0.3) is 5.91 Å². The van der Waals surface area contributed by atoms with Crippen LogP contribution in [-0.2, 0) is 0 Å². The lowest BCUT2D eigenvalue weighted by Gasteiger charge is -2.14. The Morgan fingerprint density at radius 3 is 2.08 bits per heavy atom. The van der Waals surface area contributed by atoms with Gasteiger partial charge in [-0.25, -0.2) is 0 Å². The molecule has 0 bridgehead atoms. The maximum atomic E-state index is 12.5. The largest absolute Gasteiger partial charge is 0.493 e. The van der Waals surface area contributed by atoms with Crippen LogP contribution in [0.2, 0.25) is 0 Å². The number of benzene rings is 1. The summed E-state index contributed by atoms with van der Waals surface area (Å²) in [5.41, 5.74) is 0.358. The molecule has 0 radical (unpaired) electrons. The fourth-order valence-corrected chi connectivity index (χ4v) is 2.31. The molecule has 1 aliphatic rings. The topological polar surface area (TPSA) is 94.6 Å². The van der Waals surface area contributed by atoms with Crippen LogP contribution in [0.25, 0.3) is 0 Å². The van der Waals surface area contributed by atoms with Gasteiger partial charge >= 0.3 is 0 Å². The minimum absolute atomic E-state index is 0.351. The lowest BCUT2D eigenvalue weighted by Crippen LogP contribution is -2.14. The van der Waals surface area contributed by atoms with Crippen LogP contribution in [0.1, 0.15) is 23.2 Å². The number of carbonyl (C=O) groups excluding carboxylic acids is 1. The maximum absolute atomic E-state index is 12.5. The molecule has 1 aliphatic carbocycles. The third-order valence-electron chi connectivity index (χ3n) is 3.76. The Hall–Kier alpha value is -3.03. The van der Waals surface area contributed by atoms with E-state index >= 15 is 0 Å². The van der Waals surface area contributed by atoms with Crippen LogP contribution in [0, 0.1) is 0 Å². The summed E-state index contributed by atoms with van der Waals surface area (Å²) in [6.07, 6.45) is 2.31. The van der Waals surface area contributed by atoms with Gasteiger partial charge in [0.05, 0.1) is 21.3 Å². The first kappa shape index (κ1) is 16.8. The number of ether oxygens (including phenoxy) is 3. The number of aromatic nitrogens is 2. The molecule has 8 heteroatoms. The SMILES string of the molecule is COc1cc(C(=O)Nc2ccc(NC3CC3)nn2)cc(OC)c1OC. The Kier molecular flexibility index (Phi) is 4.87. The smallest absolute Gasteiger partial charge is 0.257 e. The van der Waals surface area contributed by atoms with E-state index < -0.39 is 0 Å². The van der Waals surface area contributed by atoms with E-state index in [9.17, 15) is 4.79 Å². The number of methoxy groups -OCH3 is 3. The quantitative estimate of drug-likeness (QED) is 0.796. The minimum atomic E-state index is -0.351. The normalized spacial score (nSPS) is 13.1. The summed E-state index contributed by atoms with van der Waals surface area (Å²) in [5.74, 6) is 1.95. The summed E-state index contributed by atoms with van der Waals surface area (Å²) >= 11 is 0. The molecule has 0 saturated heterocycles. The molecule has 8 nitrogen and oxygen atoms in total. The standard InChI is InChI=1S/C17H20N4O4/c1-23-12-8-10(9-13(24-2)16(12)25-3)17(22)19-15-7-6-14(20-21-15)18-11-4-5-11/h6-9,11H,4-5H2,1-3H3,(H,18,20)(H,19,21,22). The summed E-state index contributed by atoms with van der Waals surface area (Å²) < 4.78 is 15.8. The molecule has 1 amide bonds. The lowest BCUT2D eigenvalue weighted by molar-refractivity contribution is 0.102. The monoisotopic (exact) mass is 344 g/mol. The molecule has 132 valence electrons. The molecule has 0 unspecified atom stereocenters. The van der Waals surface area contributed by atoms with Gasteiger partial charge in [0.1, 0.15) is 5.82 Å². The molecular weight excluding hydrogens is 324 g/mol. The number of anilines is 2.